The van der Waals surface area contributed by atoms with Crippen molar-refractivity contribution in [2.45, 2.75) is 70.5 Å². The van der Waals surface area contributed by atoms with E-state index >= 15 is 0 Å². The second kappa shape index (κ2) is 43.4. The SMILES string of the molecule is CCN(CC(CCC[Si](O[Si](OC)(OC)OC)(O[Si](OC)(OC)OC)O[Si](OC)(OC)OC)(CCC[Si](O[Si](OC)(OC)OC)(O[Si](OC)(OC)OC)O[Si](OC)(OC)OC)CCC[Si](O[Si](OC)(OC)OC)(O[Si](OC)(OC)OC)O[Si](OC)(OC)OC)C(C)=O. The first-order valence-electron chi connectivity index (χ1n) is 28.0. The van der Waals surface area contributed by atoms with E-state index in [0.717, 1.165) is 0 Å². The van der Waals surface area contributed by atoms with Gasteiger partial charge in [0.2, 0.25) is 5.91 Å². The van der Waals surface area contributed by atoms with Gasteiger partial charge in [0.25, 0.3) is 0 Å². The summed E-state index contributed by atoms with van der Waals surface area (Å²) < 4.78 is 220. The fourth-order valence-electron chi connectivity index (χ4n) is 9.24. The van der Waals surface area contributed by atoms with Crippen LogP contribution in [0.1, 0.15) is 52.4 Å². The molecule has 0 aromatic heterocycles. The van der Waals surface area contributed by atoms with Gasteiger partial charge in [-0.1, -0.05) is 0 Å². The number of hydrogen-bond acceptors (Lipinski definition) is 37. The molecule has 0 unspecified atom stereocenters. The van der Waals surface area contributed by atoms with Crippen molar-refractivity contribution in [3.63, 3.8) is 0 Å². The molecule has 552 valence electrons. The van der Waals surface area contributed by atoms with Crippen LogP contribution in [0.2, 0.25) is 18.1 Å². The molecule has 0 heterocycles. The molecule has 1 amide bonds. The van der Waals surface area contributed by atoms with Gasteiger partial charge in [0.1, 0.15) is 0 Å². The average Bonchev–Trinajstić information content (AvgIpc) is 0.795. The van der Waals surface area contributed by atoms with Crippen molar-refractivity contribution in [1.82, 2.24) is 4.90 Å². The molecule has 0 spiro atoms. The van der Waals surface area contributed by atoms with Crippen LogP contribution in [-0.4, -0.2) is 324 Å². The Balaban J connectivity index is 9.86. The molecule has 0 bridgehead atoms. The Morgan fingerprint density at radius 2 is 0.391 bits per heavy atom. The van der Waals surface area contributed by atoms with Crippen molar-refractivity contribution in [2.24, 2.45) is 5.41 Å². The molecule has 0 aromatic carbocycles. The van der Waals surface area contributed by atoms with Crippen LogP contribution in [0.4, 0.5) is 0 Å². The van der Waals surface area contributed by atoms with E-state index in [-0.39, 0.29) is 75.7 Å². The van der Waals surface area contributed by atoms with Crippen molar-refractivity contribution in [3.8, 4) is 0 Å². The van der Waals surface area contributed by atoms with Gasteiger partial charge in [-0.3, -0.25) is 4.79 Å². The molecular weight excluding hydrogens is 1450 g/mol. The molecule has 0 fully saturated rings. The number of carbonyl (C=O) groups excluding carboxylic acids is 1. The highest BCUT2D eigenvalue weighted by molar-refractivity contribution is 6.84. The maximum absolute atomic E-state index is 14.1. The molecule has 0 aromatic rings. The van der Waals surface area contributed by atoms with Gasteiger partial charge in [0.15, 0.2) is 0 Å². The molecule has 0 atom stereocenters. The average molecular weight is 1560 g/mol. The first-order valence-corrected chi connectivity index (χ1v) is 48.4. The minimum absolute atomic E-state index is 0.0241. The molecule has 0 aliphatic heterocycles. The standard InChI is InChI=1S/C42H109NO37Si12/c1-30-43(41(2)44)40-42(34-31-37-81(72-84(45-3,46-4)47-5,73-85(48-6,49-7)50-8)74-86(51-9,52-10)53-11,35-32-38-82(75-87(54-12,55-13)56-14,76-88(57-15,58-16)59-17)77-89(60-18,61-19)62-20)36-33-39-83(78-90(63-21,64-22)65-23,79-91(66-24,67-25)68-26)80-92(69-27,70-28)71-29/h30-40H2,1-29H3. The fraction of sp³-hybridized carbons (Fsp3) is 0.976. The Bertz CT molecular complexity index is 1530. The molecule has 0 rings (SSSR count). The van der Waals surface area contributed by atoms with Gasteiger partial charge in [0.05, 0.1) is 0 Å². The summed E-state index contributed by atoms with van der Waals surface area (Å²) in [7, 11) is -17.5. The van der Waals surface area contributed by atoms with Crippen LogP contribution in [0.15, 0.2) is 0 Å². The molecular formula is C42H109NO37Si12. The van der Waals surface area contributed by atoms with Gasteiger partial charge in [-0.05, 0) is 50.9 Å². The lowest BCUT2D eigenvalue weighted by Gasteiger charge is -2.44. The first kappa shape index (κ1) is 92.6. The molecule has 0 saturated heterocycles. The van der Waals surface area contributed by atoms with Crippen LogP contribution < -0.4 is 0 Å². The lowest BCUT2D eigenvalue weighted by molar-refractivity contribution is -0.130. The summed E-state index contributed by atoms with van der Waals surface area (Å²) in [6.07, 6.45) is 0.556. The third-order valence-electron chi connectivity index (χ3n) is 14.2. The molecule has 0 saturated carbocycles. The molecule has 0 aliphatic carbocycles. The Labute approximate surface area is 558 Å². The van der Waals surface area contributed by atoms with Crippen LogP contribution >= 0.6 is 0 Å². The second-order valence-electron chi connectivity index (χ2n) is 18.6. The number of nitrogens with zero attached hydrogens (tertiary/aromatic N) is 1. The van der Waals surface area contributed by atoms with E-state index in [1.807, 2.05) is 6.92 Å². The fourth-order valence-corrected chi connectivity index (χ4v) is 46.8. The number of amides is 1. The predicted octanol–water partition coefficient (Wildman–Crippen LogP) is 1.52. The van der Waals surface area contributed by atoms with Crippen LogP contribution in [0.25, 0.3) is 0 Å². The number of rotatable bonds is 60. The van der Waals surface area contributed by atoms with Crippen molar-refractivity contribution in [2.75, 3.05) is 205 Å². The van der Waals surface area contributed by atoms with Gasteiger partial charge >= 0.3 is 108 Å². The third-order valence-corrected chi connectivity index (χ3v) is 50.8. The van der Waals surface area contributed by atoms with E-state index in [1.54, 1.807) is 4.90 Å². The largest absolute Gasteiger partial charge is 0.671 e. The molecule has 38 nitrogen and oxygen atoms in total. The summed E-state index contributed by atoms with van der Waals surface area (Å²) in [6.45, 7) is 3.52. The minimum atomic E-state index is -4.77. The van der Waals surface area contributed by atoms with Crippen molar-refractivity contribution < 1.29 is 161 Å². The van der Waals surface area contributed by atoms with E-state index in [1.165, 1.54) is 199 Å². The van der Waals surface area contributed by atoms with Gasteiger partial charge in [0, 0.05) is 230 Å². The Morgan fingerprint density at radius 3 is 0.489 bits per heavy atom. The maximum atomic E-state index is 14.1. The zero-order valence-electron chi connectivity index (χ0n) is 59.3. The van der Waals surface area contributed by atoms with Crippen LogP contribution in [-0.2, 0) is 161 Å². The quantitative estimate of drug-likeness (QED) is 0.0779. The minimum Gasteiger partial charge on any atom is -0.355 e. The van der Waals surface area contributed by atoms with Crippen LogP contribution in [0.5, 0.6) is 0 Å². The highest BCUT2D eigenvalue weighted by Gasteiger charge is 2.70. The van der Waals surface area contributed by atoms with Crippen LogP contribution in [0, 0.1) is 5.41 Å². The summed E-state index contributed by atoms with van der Waals surface area (Å²) in [5.74, 6) is -0.289. The van der Waals surface area contributed by atoms with Crippen LogP contribution in [0.3, 0.4) is 0 Å². The highest BCUT2D eigenvalue weighted by Crippen LogP contribution is 2.44. The monoisotopic (exact) mass is 1560 g/mol. The normalized spacial score (nSPS) is 14.3. The second-order valence-corrected chi connectivity index (χ2v) is 51.5. The number of carbonyl (C=O) groups is 1. The van der Waals surface area contributed by atoms with E-state index in [0.29, 0.717) is 0 Å². The zero-order valence-corrected chi connectivity index (χ0v) is 71.3. The Morgan fingerprint density at radius 1 is 0.261 bits per heavy atom. The third kappa shape index (κ3) is 25.0. The summed E-state index contributed by atoms with van der Waals surface area (Å²) in [4.78, 5) is 15.8. The predicted molar refractivity (Wildman–Crippen MR) is 341 cm³/mol. The zero-order chi connectivity index (χ0) is 70.9. The Kier molecular flexibility index (Phi) is 43.7. The maximum Gasteiger partial charge on any atom is 0.671 e. The van der Waals surface area contributed by atoms with Crippen molar-refractivity contribution in [1.29, 1.82) is 0 Å². The van der Waals surface area contributed by atoms with E-state index in [2.05, 4.69) is 0 Å². The van der Waals surface area contributed by atoms with Gasteiger partial charge in [-0.25, -0.2) is 0 Å². The van der Waals surface area contributed by atoms with Crippen molar-refractivity contribution in [3.05, 3.63) is 0 Å². The summed E-state index contributed by atoms with van der Waals surface area (Å²) in [5, 5.41) is 0. The molecule has 0 aliphatic rings. The number of hydrogen-bond donors (Lipinski definition) is 0. The van der Waals surface area contributed by atoms with Gasteiger partial charge < -0.3 is 161 Å². The summed E-state index contributed by atoms with van der Waals surface area (Å²) in [5.41, 5.74) is -1.14. The van der Waals surface area contributed by atoms with Crippen molar-refractivity contribution >= 4 is 114 Å². The van der Waals surface area contributed by atoms with E-state index in [9.17, 15) is 4.79 Å². The molecule has 50 heteroatoms. The van der Waals surface area contributed by atoms with E-state index in [4.69, 9.17) is 157 Å². The van der Waals surface area contributed by atoms with E-state index < -0.39 is 113 Å². The Hall–Kier alpha value is 0.633. The summed E-state index contributed by atoms with van der Waals surface area (Å²) >= 11 is 0. The highest BCUT2D eigenvalue weighted by atomic mass is 28.6. The summed E-state index contributed by atoms with van der Waals surface area (Å²) in [6, 6.07) is -0.591. The topological polar surface area (TPSA) is 353 Å². The van der Waals surface area contributed by atoms with Gasteiger partial charge in [-0.15, -0.1) is 0 Å². The first-order chi connectivity index (χ1) is 43.5. The smallest absolute Gasteiger partial charge is 0.355 e. The molecule has 0 radical (unpaired) electrons. The lowest BCUT2D eigenvalue weighted by atomic mass is 9.75. The lowest BCUT2D eigenvalue weighted by Crippen LogP contribution is -2.69. The van der Waals surface area contributed by atoms with Gasteiger partial charge in [-0.2, -0.15) is 0 Å². The molecule has 0 N–H and O–H groups in total. The molecule has 92 heavy (non-hydrogen) atoms.